The van der Waals surface area contributed by atoms with E-state index < -0.39 is 8.07 Å². The van der Waals surface area contributed by atoms with Crippen LogP contribution in [0.25, 0.3) is 0 Å². The van der Waals surface area contributed by atoms with E-state index in [1.807, 2.05) is 17.2 Å². The number of hydrogen-bond acceptors (Lipinski definition) is 4. The van der Waals surface area contributed by atoms with Crippen LogP contribution in [0.3, 0.4) is 0 Å². The lowest BCUT2D eigenvalue weighted by molar-refractivity contribution is -0.108. The van der Waals surface area contributed by atoms with Crippen molar-refractivity contribution in [3.63, 3.8) is 0 Å². The SMILES string of the molecule is CSC1=NC=CC(CC=O)N1C#C[Si](C)(C)C. The van der Waals surface area contributed by atoms with Gasteiger partial charge in [0.2, 0.25) is 0 Å². The third kappa shape index (κ3) is 4.41. The van der Waals surface area contributed by atoms with Crippen molar-refractivity contribution in [2.75, 3.05) is 6.26 Å². The van der Waals surface area contributed by atoms with Gasteiger partial charge in [0.1, 0.15) is 14.4 Å². The van der Waals surface area contributed by atoms with Gasteiger partial charge >= 0.3 is 0 Å². The number of rotatable bonds is 2. The Kier molecular flexibility index (Phi) is 5.03. The Balaban J connectivity index is 2.95. The minimum absolute atomic E-state index is 0.0244. The van der Waals surface area contributed by atoms with E-state index in [2.05, 4.69) is 36.2 Å². The number of carbonyl (C=O) groups excluding carboxylic acids is 1. The van der Waals surface area contributed by atoms with Gasteiger partial charge in [-0.2, -0.15) is 0 Å². The van der Waals surface area contributed by atoms with Gasteiger partial charge in [-0.3, -0.25) is 4.90 Å². The fourth-order valence-corrected chi connectivity index (χ4v) is 2.29. The van der Waals surface area contributed by atoms with Crippen LogP contribution < -0.4 is 0 Å². The zero-order valence-electron chi connectivity index (χ0n) is 10.7. The molecule has 0 spiro atoms. The van der Waals surface area contributed by atoms with E-state index in [9.17, 15) is 4.79 Å². The number of aldehydes is 1. The quantitative estimate of drug-likeness (QED) is 0.437. The highest BCUT2D eigenvalue weighted by Crippen LogP contribution is 2.16. The summed E-state index contributed by atoms with van der Waals surface area (Å²) < 4.78 is 0. The van der Waals surface area contributed by atoms with Crippen molar-refractivity contribution in [1.82, 2.24) is 4.90 Å². The highest BCUT2D eigenvalue weighted by molar-refractivity contribution is 8.13. The van der Waals surface area contributed by atoms with Crippen LogP contribution in [0.1, 0.15) is 6.42 Å². The average Bonchev–Trinajstić information content (AvgIpc) is 2.26. The molecule has 0 aliphatic carbocycles. The number of hydrogen-bond donors (Lipinski definition) is 0. The van der Waals surface area contributed by atoms with Gasteiger partial charge in [-0.15, -0.1) is 5.54 Å². The summed E-state index contributed by atoms with van der Waals surface area (Å²) in [6.45, 7) is 6.60. The summed E-state index contributed by atoms with van der Waals surface area (Å²) in [5, 5.41) is 0.866. The maximum atomic E-state index is 10.7. The van der Waals surface area contributed by atoms with E-state index in [0.29, 0.717) is 6.42 Å². The first kappa shape index (κ1) is 14.1. The van der Waals surface area contributed by atoms with Gasteiger partial charge in [0.05, 0.1) is 6.04 Å². The van der Waals surface area contributed by atoms with Crippen molar-refractivity contribution in [2.24, 2.45) is 4.99 Å². The van der Waals surface area contributed by atoms with E-state index >= 15 is 0 Å². The number of nitrogens with zero attached hydrogens (tertiary/aromatic N) is 2. The van der Waals surface area contributed by atoms with Crippen LogP contribution in [0.15, 0.2) is 17.3 Å². The van der Waals surface area contributed by atoms with Gasteiger partial charge in [-0.1, -0.05) is 31.4 Å². The summed E-state index contributed by atoms with van der Waals surface area (Å²) in [7, 11) is -1.42. The van der Waals surface area contributed by atoms with E-state index in [1.165, 1.54) is 0 Å². The van der Waals surface area contributed by atoms with Crippen molar-refractivity contribution in [3.8, 4) is 11.6 Å². The molecule has 1 aliphatic rings. The van der Waals surface area contributed by atoms with E-state index in [4.69, 9.17) is 0 Å². The molecule has 0 aromatic heterocycles. The number of amidine groups is 1. The van der Waals surface area contributed by atoms with Crippen LogP contribution in [0, 0.1) is 11.6 Å². The molecule has 1 aliphatic heterocycles. The van der Waals surface area contributed by atoms with Crippen LogP contribution in [-0.2, 0) is 4.79 Å². The number of thioether (sulfide) groups is 1. The van der Waals surface area contributed by atoms with Crippen molar-refractivity contribution < 1.29 is 4.79 Å². The summed E-state index contributed by atoms with van der Waals surface area (Å²) in [5.74, 6) is 0. The molecule has 0 amide bonds. The Bertz CT molecular complexity index is 401. The maximum Gasteiger partial charge on any atom is 0.175 e. The van der Waals surface area contributed by atoms with E-state index in [-0.39, 0.29) is 6.04 Å². The normalized spacial score (nSPS) is 19.4. The molecule has 17 heavy (non-hydrogen) atoms. The summed E-state index contributed by atoms with van der Waals surface area (Å²) in [5.41, 5.74) is 3.32. The maximum absolute atomic E-state index is 10.7. The molecule has 5 heteroatoms. The van der Waals surface area contributed by atoms with Gasteiger partial charge in [0.15, 0.2) is 5.17 Å². The molecular weight excluding hydrogens is 248 g/mol. The molecule has 0 saturated heterocycles. The van der Waals surface area contributed by atoms with Gasteiger partial charge in [0, 0.05) is 18.7 Å². The van der Waals surface area contributed by atoms with E-state index in [0.717, 1.165) is 11.5 Å². The molecule has 0 aromatic carbocycles. The smallest absolute Gasteiger partial charge is 0.175 e. The Morgan fingerprint density at radius 3 is 2.82 bits per heavy atom. The zero-order chi connectivity index (χ0) is 12.9. The van der Waals surface area contributed by atoms with Crippen LogP contribution in [-0.4, -0.2) is 36.7 Å². The first-order valence-electron chi connectivity index (χ1n) is 5.52. The van der Waals surface area contributed by atoms with Crippen LogP contribution in [0.4, 0.5) is 0 Å². The summed E-state index contributed by atoms with van der Waals surface area (Å²) in [4.78, 5) is 16.9. The average molecular weight is 266 g/mol. The summed E-state index contributed by atoms with van der Waals surface area (Å²) >= 11 is 1.56. The second-order valence-electron chi connectivity index (χ2n) is 4.78. The molecule has 0 bridgehead atoms. The molecule has 0 radical (unpaired) electrons. The van der Waals surface area contributed by atoms with Gasteiger partial charge in [0.25, 0.3) is 0 Å². The van der Waals surface area contributed by atoms with Crippen LogP contribution >= 0.6 is 11.8 Å². The van der Waals surface area contributed by atoms with Crippen molar-refractivity contribution in [2.45, 2.75) is 32.1 Å². The first-order valence-corrected chi connectivity index (χ1v) is 10.2. The summed E-state index contributed by atoms with van der Waals surface area (Å²) in [6, 6.07) is 3.21. The molecule has 1 unspecified atom stereocenters. The van der Waals surface area contributed by atoms with Gasteiger partial charge in [-0.05, 0) is 12.3 Å². The molecule has 1 atom stereocenters. The minimum atomic E-state index is -1.42. The highest BCUT2D eigenvalue weighted by atomic mass is 32.2. The summed E-state index contributed by atoms with van der Waals surface area (Å²) in [6.07, 6.45) is 7.04. The van der Waals surface area contributed by atoms with E-state index in [1.54, 1.807) is 18.0 Å². The van der Waals surface area contributed by atoms with Crippen molar-refractivity contribution >= 4 is 31.3 Å². The minimum Gasteiger partial charge on any atom is -0.303 e. The fraction of sp³-hybridized carbons (Fsp3) is 0.500. The van der Waals surface area contributed by atoms with Gasteiger partial charge in [-0.25, -0.2) is 4.99 Å². The second kappa shape index (κ2) is 6.08. The molecule has 0 fully saturated rings. The molecule has 0 aromatic rings. The predicted octanol–water partition coefficient (Wildman–Crippen LogP) is 2.33. The molecule has 1 heterocycles. The number of aliphatic imine (C=N–C) groups is 1. The van der Waals surface area contributed by atoms with Gasteiger partial charge < -0.3 is 4.79 Å². The number of carbonyl (C=O) groups is 1. The van der Waals surface area contributed by atoms with Crippen LogP contribution in [0.5, 0.6) is 0 Å². The third-order valence-electron chi connectivity index (χ3n) is 2.10. The molecule has 92 valence electrons. The lowest BCUT2D eigenvalue weighted by Gasteiger charge is -2.27. The molecule has 0 N–H and O–H groups in total. The Hall–Kier alpha value is -0.993. The Labute approximate surface area is 108 Å². The van der Waals surface area contributed by atoms with Crippen molar-refractivity contribution in [1.29, 1.82) is 0 Å². The third-order valence-corrected chi connectivity index (χ3v) is 3.63. The molecule has 3 nitrogen and oxygen atoms in total. The zero-order valence-corrected chi connectivity index (χ0v) is 12.5. The lowest BCUT2D eigenvalue weighted by Crippen LogP contribution is -2.36. The molecule has 0 saturated carbocycles. The monoisotopic (exact) mass is 266 g/mol. The predicted molar refractivity (Wildman–Crippen MR) is 77.5 cm³/mol. The standard InChI is InChI=1S/C12H18N2OSSi/c1-16-12-13-7-5-11(6-9-15)14(12)8-10-17(2,3)4/h5,7,9,11H,6H2,1-4H3. The molecular formula is C12H18N2OSSi. The van der Waals surface area contributed by atoms with Crippen LogP contribution in [0.2, 0.25) is 19.6 Å². The van der Waals surface area contributed by atoms with Crippen molar-refractivity contribution in [3.05, 3.63) is 12.3 Å². The Morgan fingerprint density at radius 1 is 1.59 bits per heavy atom. The highest BCUT2D eigenvalue weighted by Gasteiger charge is 2.21. The largest absolute Gasteiger partial charge is 0.303 e. The lowest BCUT2D eigenvalue weighted by atomic mass is 10.2. The second-order valence-corrected chi connectivity index (χ2v) is 10.3. The Morgan fingerprint density at radius 2 is 2.29 bits per heavy atom. The molecule has 1 rings (SSSR count). The first-order chi connectivity index (χ1) is 7.98. The fourth-order valence-electron chi connectivity index (χ4n) is 1.29. The topological polar surface area (TPSA) is 32.7 Å².